The summed E-state index contributed by atoms with van der Waals surface area (Å²) in [4.78, 5) is 18.0. The van der Waals surface area contributed by atoms with Crippen molar-refractivity contribution in [2.24, 2.45) is 5.92 Å². The molecule has 2 aromatic rings. The fourth-order valence-corrected chi connectivity index (χ4v) is 6.21. The van der Waals surface area contributed by atoms with Gasteiger partial charge in [-0.05, 0) is 38.7 Å². The van der Waals surface area contributed by atoms with Crippen LogP contribution in [0, 0.1) is 5.92 Å². The lowest BCUT2D eigenvalue weighted by molar-refractivity contribution is 0.0237. The van der Waals surface area contributed by atoms with Gasteiger partial charge in [-0.1, -0.05) is 31.4 Å². The summed E-state index contributed by atoms with van der Waals surface area (Å²) in [6.07, 6.45) is 8.56. The number of rotatable bonds is 4. The Morgan fingerprint density at radius 1 is 1.13 bits per heavy atom. The minimum atomic E-state index is 0.118. The SMILES string of the molecule is CC1CN(C(=O)c2cn3c4c(cccc24)OC[C@H]3C2CCCCC2)CC(C)N1CCO. The Kier molecular flexibility index (Phi) is 5.69. The van der Waals surface area contributed by atoms with Crippen LogP contribution in [-0.4, -0.2) is 70.3 Å². The van der Waals surface area contributed by atoms with Crippen molar-refractivity contribution in [3.63, 3.8) is 0 Å². The number of β-amino-alcohol motifs (C(OH)–C–C–N with tert-alkyl or cyclic N) is 1. The first kappa shape index (κ1) is 20.8. The third-order valence-corrected chi connectivity index (χ3v) is 7.75. The van der Waals surface area contributed by atoms with Gasteiger partial charge in [0.05, 0.1) is 23.7 Å². The number of carbonyl (C=O) groups excluding carboxylic acids is 1. The van der Waals surface area contributed by atoms with Crippen molar-refractivity contribution in [1.29, 1.82) is 0 Å². The molecule has 5 rings (SSSR count). The predicted octanol–water partition coefficient (Wildman–Crippen LogP) is 3.68. The number of ether oxygens (including phenoxy) is 1. The molecule has 1 aromatic carbocycles. The van der Waals surface area contributed by atoms with E-state index in [1.54, 1.807) is 0 Å². The van der Waals surface area contributed by atoms with E-state index < -0.39 is 0 Å². The van der Waals surface area contributed by atoms with Crippen molar-refractivity contribution in [1.82, 2.24) is 14.4 Å². The molecule has 2 unspecified atom stereocenters. The fraction of sp³-hybridized carbons (Fsp3) is 0.640. The van der Waals surface area contributed by atoms with Gasteiger partial charge in [0.15, 0.2) is 0 Å². The van der Waals surface area contributed by atoms with Crippen molar-refractivity contribution in [2.75, 3.05) is 32.8 Å². The molecule has 1 saturated heterocycles. The average molecular weight is 426 g/mol. The zero-order valence-corrected chi connectivity index (χ0v) is 18.8. The summed E-state index contributed by atoms with van der Waals surface area (Å²) in [6.45, 7) is 7.19. The summed E-state index contributed by atoms with van der Waals surface area (Å²) in [6, 6.07) is 6.89. The van der Waals surface area contributed by atoms with Gasteiger partial charge in [0.25, 0.3) is 5.91 Å². The molecule has 1 N–H and O–H groups in total. The van der Waals surface area contributed by atoms with Gasteiger partial charge in [-0.3, -0.25) is 9.69 Å². The zero-order chi connectivity index (χ0) is 21.5. The van der Waals surface area contributed by atoms with E-state index in [1.807, 2.05) is 17.0 Å². The zero-order valence-electron chi connectivity index (χ0n) is 18.8. The van der Waals surface area contributed by atoms with Gasteiger partial charge >= 0.3 is 0 Å². The Bertz CT molecular complexity index is 937. The maximum atomic E-state index is 13.7. The predicted molar refractivity (Wildman–Crippen MR) is 122 cm³/mol. The molecule has 0 radical (unpaired) electrons. The molecular weight excluding hydrogens is 390 g/mol. The van der Waals surface area contributed by atoms with E-state index in [0.29, 0.717) is 38.2 Å². The summed E-state index contributed by atoms with van der Waals surface area (Å²) in [5.74, 6) is 1.65. The number of aliphatic hydroxyl groups excluding tert-OH is 1. The maximum Gasteiger partial charge on any atom is 0.256 e. The van der Waals surface area contributed by atoms with Crippen LogP contribution in [0.5, 0.6) is 5.75 Å². The molecular formula is C25H35N3O3. The number of carbonyl (C=O) groups is 1. The van der Waals surface area contributed by atoms with Crippen LogP contribution in [-0.2, 0) is 0 Å². The van der Waals surface area contributed by atoms with Crippen molar-refractivity contribution in [3.8, 4) is 5.75 Å². The highest BCUT2D eigenvalue weighted by Gasteiger charge is 2.36. The molecule has 1 aliphatic carbocycles. The van der Waals surface area contributed by atoms with E-state index in [9.17, 15) is 9.90 Å². The molecule has 1 amide bonds. The first-order chi connectivity index (χ1) is 15.1. The molecule has 1 aromatic heterocycles. The van der Waals surface area contributed by atoms with Gasteiger partial charge in [-0.15, -0.1) is 0 Å². The summed E-state index contributed by atoms with van der Waals surface area (Å²) in [5, 5.41) is 10.4. The van der Waals surface area contributed by atoms with Crippen LogP contribution in [0.25, 0.3) is 10.9 Å². The Balaban J connectivity index is 1.47. The van der Waals surface area contributed by atoms with E-state index >= 15 is 0 Å². The van der Waals surface area contributed by atoms with E-state index in [2.05, 4.69) is 35.6 Å². The molecule has 0 bridgehead atoms. The van der Waals surface area contributed by atoms with Crippen LogP contribution in [0.3, 0.4) is 0 Å². The van der Waals surface area contributed by atoms with Crippen molar-refractivity contribution in [2.45, 2.75) is 64.1 Å². The number of amides is 1. The topological polar surface area (TPSA) is 57.9 Å². The number of piperazine rings is 1. The molecule has 6 heteroatoms. The Hall–Kier alpha value is -2.05. The lowest BCUT2D eigenvalue weighted by Crippen LogP contribution is -2.58. The maximum absolute atomic E-state index is 13.7. The normalized spacial score (nSPS) is 27.5. The second-order valence-electron chi connectivity index (χ2n) is 9.75. The second-order valence-corrected chi connectivity index (χ2v) is 9.75. The van der Waals surface area contributed by atoms with Crippen LogP contribution >= 0.6 is 0 Å². The third kappa shape index (κ3) is 3.64. The quantitative estimate of drug-likeness (QED) is 0.812. The van der Waals surface area contributed by atoms with E-state index in [0.717, 1.165) is 22.2 Å². The number of aliphatic hydroxyl groups is 1. The van der Waals surface area contributed by atoms with Crippen LogP contribution in [0.1, 0.15) is 62.4 Å². The molecule has 2 aliphatic heterocycles. The molecule has 6 nitrogen and oxygen atoms in total. The summed E-state index contributed by atoms with van der Waals surface area (Å²) in [5.41, 5.74) is 1.89. The second kappa shape index (κ2) is 8.47. The van der Waals surface area contributed by atoms with E-state index in [1.165, 1.54) is 32.1 Å². The molecule has 3 atom stereocenters. The van der Waals surface area contributed by atoms with E-state index in [-0.39, 0.29) is 24.6 Å². The first-order valence-electron chi connectivity index (χ1n) is 12.0. The van der Waals surface area contributed by atoms with E-state index in [4.69, 9.17) is 4.74 Å². The summed E-state index contributed by atoms with van der Waals surface area (Å²) in [7, 11) is 0. The van der Waals surface area contributed by atoms with Gasteiger partial charge in [0, 0.05) is 43.3 Å². The molecule has 3 aliphatic rings. The minimum Gasteiger partial charge on any atom is -0.489 e. The third-order valence-electron chi connectivity index (χ3n) is 7.75. The van der Waals surface area contributed by atoms with Crippen LogP contribution in [0.2, 0.25) is 0 Å². The number of para-hydroxylation sites is 1. The van der Waals surface area contributed by atoms with Crippen molar-refractivity contribution < 1.29 is 14.6 Å². The Morgan fingerprint density at radius 3 is 2.58 bits per heavy atom. The number of benzene rings is 1. The monoisotopic (exact) mass is 425 g/mol. The van der Waals surface area contributed by atoms with Crippen LogP contribution in [0.4, 0.5) is 0 Å². The highest BCUT2D eigenvalue weighted by atomic mass is 16.5. The van der Waals surface area contributed by atoms with Crippen molar-refractivity contribution in [3.05, 3.63) is 30.0 Å². The lowest BCUT2D eigenvalue weighted by Gasteiger charge is -2.44. The highest BCUT2D eigenvalue weighted by molar-refractivity contribution is 6.08. The van der Waals surface area contributed by atoms with Gasteiger partial charge in [0.1, 0.15) is 12.4 Å². The molecule has 3 heterocycles. The van der Waals surface area contributed by atoms with Gasteiger partial charge in [-0.2, -0.15) is 0 Å². The molecule has 1 saturated carbocycles. The molecule has 0 spiro atoms. The largest absolute Gasteiger partial charge is 0.489 e. The Morgan fingerprint density at radius 2 is 1.87 bits per heavy atom. The first-order valence-corrected chi connectivity index (χ1v) is 12.0. The fourth-order valence-electron chi connectivity index (χ4n) is 6.21. The summed E-state index contributed by atoms with van der Waals surface area (Å²) >= 11 is 0. The Labute approximate surface area is 184 Å². The molecule has 168 valence electrons. The lowest BCUT2D eigenvalue weighted by atomic mass is 9.83. The number of hydrogen-bond acceptors (Lipinski definition) is 4. The van der Waals surface area contributed by atoms with Crippen LogP contribution in [0.15, 0.2) is 24.4 Å². The average Bonchev–Trinajstić information content (AvgIpc) is 3.18. The number of aromatic nitrogens is 1. The van der Waals surface area contributed by atoms with Gasteiger partial charge in [0.2, 0.25) is 0 Å². The summed E-state index contributed by atoms with van der Waals surface area (Å²) < 4.78 is 8.57. The number of hydrogen-bond donors (Lipinski definition) is 1. The van der Waals surface area contributed by atoms with Gasteiger partial charge < -0.3 is 19.3 Å². The van der Waals surface area contributed by atoms with Crippen molar-refractivity contribution >= 4 is 16.8 Å². The molecule has 2 fully saturated rings. The van der Waals surface area contributed by atoms with Gasteiger partial charge in [-0.25, -0.2) is 0 Å². The highest BCUT2D eigenvalue weighted by Crippen LogP contribution is 2.42. The van der Waals surface area contributed by atoms with Crippen LogP contribution < -0.4 is 4.74 Å². The number of nitrogens with zero attached hydrogens (tertiary/aromatic N) is 3. The minimum absolute atomic E-state index is 0.118. The standard InChI is InChI=1S/C25H35N3O3/c1-17-13-26(14-18(2)27(17)11-12-29)25(30)21-15-28-22(19-7-4-3-5-8-19)16-31-23-10-6-9-20(21)24(23)28/h6,9-10,15,17-19,22,29H,3-5,7-8,11-14,16H2,1-2H3/t17?,18?,22-/m0/s1. The molecule has 31 heavy (non-hydrogen) atoms. The smallest absolute Gasteiger partial charge is 0.256 e.